The summed E-state index contributed by atoms with van der Waals surface area (Å²) in [7, 11) is -2.19. The summed E-state index contributed by atoms with van der Waals surface area (Å²) in [5.74, 6) is -0.00514. The maximum Gasteiger partial charge on any atom is 0.244 e. The lowest BCUT2D eigenvalue weighted by molar-refractivity contribution is -0.139. The highest BCUT2D eigenvalue weighted by Crippen LogP contribution is 2.26. The van der Waals surface area contributed by atoms with Crippen LogP contribution in [0.25, 0.3) is 0 Å². The van der Waals surface area contributed by atoms with Gasteiger partial charge in [0.25, 0.3) is 0 Å². The number of ether oxygens (including phenoxy) is 1. The zero-order valence-corrected chi connectivity index (χ0v) is 22.6. The molecule has 36 heavy (non-hydrogen) atoms. The molecule has 196 valence electrons. The van der Waals surface area contributed by atoms with Gasteiger partial charge in [-0.2, -0.15) is 0 Å². The van der Waals surface area contributed by atoms with Crippen LogP contribution in [0.3, 0.4) is 0 Å². The molecule has 1 aliphatic rings. The van der Waals surface area contributed by atoms with E-state index in [9.17, 15) is 18.0 Å². The molecule has 3 rings (SSSR count). The first-order chi connectivity index (χ1) is 17.0. The lowest BCUT2D eigenvalue weighted by Gasteiger charge is -2.32. The Balaban J connectivity index is 1.90. The van der Waals surface area contributed by atoms with Crippen LogP contribution < -0.4 is 14.4 Å². The zero-order valence-electron chi connectivity index (χ0n) is 21.8. The average Bonchev–Trinajstić information content (AvgIpc) is 3.35. The van der Waals surface area contributed by atoms with Gasteiger partial charge in [-0.25, -0.2) is 8.42 Å². The molecule has 0 saturated heterocycles. The Labute approximate surface area is 214 Å². The number of methoxy groups -OCH3 is 1. The molecule has 0 aromatic heterocycles. The van der Waals surface area contributed by atoms with Crippen molar-refractivity contribution < 1.29 is 22.7 Å². The Hall–Kier alpha value is -3.07. The summed E-state index contributed by atoms with van der Waals surface area (Å²) >= 11 is 0. The number of amides is 2. The summed E-state index contributed by atoms with van der Waals surface area (Å²) in [6.45, 7) is 5.17. The Kier molecular flexibility index (Phi) is 9.00. The summed E-state index contributed by atoms with van der Waals surface area (Å²) in [5.41, 5.74) is 2.97. The summed E-state index contributed by atoms with van der Waals surface area (Å²) < 4.78 is 31.9. The highest BCUT2D eigenvalue weighted by Gasteiger charge is 2.31. The van der Waals surface area contributed by atoms with Crippen molar-refractivity contribution >= 4 is 27.5 Å². The van der Waals surface area contributed by atoms with E-state index in [1.807, 2.05) is 32.0 Å². The maximum atomic E-state index is 13.7. The van der Waals surface area contributed by atoms with Gasteiger partial charge in [-0.3, -0.25) is 13.9 Å². The number of aryl methyl sites for hydroxylation is 1. The second-order valence-corrected chi connectivity index (χ2v) is 11.4. The monoisotopic (exact) mass is 515 g/mol. The van der Waals surface area contributed by atoms with E-state index in [4.69, 9.17) is 4.74 Å². The van der Waals surface area contributed by atoms with E-state index >= 15 is 0 Å². The molecule has 0 unspecified atom stereocenters. The molecule has 9 heteroatoms. The van der Waals surface area contributed by atoms with Gasteiger partial charge in [0.2, 0.25) is 21.8 Å². The van der Waals surface area contributed by atoms with Gasteiger partial charge < -0.3 is 15.0 Å². The summed E-state index contributed by atoms with van der Waals surface area (Å²) in [5, 5.41) is 3.07. The van der Waals surface area contributed by atoms with Crippen molar-refractivity contribution in [3.63, 3.8) is 0 Å². The number of nitrogens with zero attached hydrogens (tertiary/aromatic N) is 2. The molecule has 0 aliphatic heterocycles. The van der Waals surface area contributed by atoms with Crippen LogP contribution in [0.5, 0.6) is 5.75 Å². The Bertz CT molecular complexity index is 1170. The van der Waals surface area contributed by atoms with E-state index < -0.39 is 28.5 Å². The fraction of sp³-hybridized carbons (Fsp3) is 0.481. The van der Waals surface area contributed by atoms with E-state index in [1.165, 1.54) is 4.90 Å². The maximum absolute atomic E-state index is 13.7. The van der Waals surface area contributed by atoms with Crippen LogP contribution in [0.2, 0.25) is 0 Å². The van der Waals surface area contributed by atoms with Crippen molar-refractivity contribution in [3.05, 3.63) is 59.2 Å². The van der Waals surface area contributed by atoms with Crippen molar-refractivity contribution in [2.45, 2.75) is 65.1 Å². The molecule has 1 saturated carbocycles. The third-order valence-electron chi connectivity index (χ3n) is 6.90. The quantitative estimate of drug-likeness (QED) is 0.522. The standard InChI is InChI=1S/C27H37N3O5S/c1-19-9-8-12-25(20(19)2)30(36(5,33)34)18-26(31)29(17-22-13-15-24(35-4)16-14-22)21(3)27(32)28-23-10-6-7-11-23/h8-9,12-16,21,23H,6-7,10-11,17-18H2,1-5H3,(H,28,32)/t21-/m1/s1. The fourth-order valence-corrected chi connectivity index (χ4v) is 5.40. The van der Waals surface area contributed by atoms with E-state index in [1.54, 1.807) is 38.3 Å². The normalized spacial score (nSPS) is 14.8. The van der Waals surface area contributed by atoms with E-state index in [-0.39, 0.29) is 18.5 Å². The summed E-state index contributed by atoms with van der Waals surface area (Å²) in [6, 6.07) is 11.9. The lowest BCUT2D eigenvalue weighted by Crippen LogP contribution is -2.52. The Morgan fingerprint density at radius 2 is 1.72 bits per heavy atom. The minimum atomic E-state index is -3.76. The van der Waals surface area contributed by atoms with E-state index in [2.05, 4.69) is 5.32 Å². The predicted octanol–water partition coefficient (Wildman–Crippen LogP) is 3.55. The van der Waals surface area contributed by atoms with Crippen LogP contribution in [-0.2, 0) is 26.2 Å². The van der Waals surface area contributed by atoms with Gasteiger partial charge in [-0.05, 0) is 68.5 Å². The van der Waals surface area contributed by atoms with Gasteiger partial charge >= 0.3 is 0 Å². The number of rotatable bonds is 10. The number of benzene rings is 2. The van der Waals surface area contributed by atoms with Gasteiger partial charge in [0.1, 0.15) is 18.3 Å². The van der Waals surface area contributed by atoms with Crippen LogP contribution in [0.4, 0.5) is 5.69 Å². The topological polar surface area (TPSA) is 96.0 Å². The van der Waals surface area contributed by atoms with Gasteiger partial charge in [0.05, 0.1) is 19.1 Å². The number of nitrogens with one attached hydrogen (secondary N) is 1. The van der Waals surface area contributed by atoms with Crippen molar-refractivity contribution in [2.75, 3.05) is 24.2 Å². The van der Waals surface area contributed by atoms with Crippen LogP contribution in [-0.4, -0.2) is 57.1 Å². The molecule has 0 heterocycles. The predicted molar refractivity (Wildman–Crippen MR) is 142 cm³/mol. The van der Waals surface area contributed by atoms with Crippen molar-refractivity contribution in [1.29, 1.82) is 0 Å². The van der Waals surface area contributed by atoms with Crippen LogP contribution in [0.1, 0.15) is 49.3 Å². The number of hydrogen-bond acceptors (Lipinski definition) is 5. The second-order valence-electron chi connectivity index (χ2n) is 9.52. The third kappa shape index (κ3) is 6.78. The van der Waals surface area contributed by atoms with Gasteiger partial charge in [-0.1, -0.05) is 37.1 Å². The van der Waals surface area contributed by atoms with E-state index in [0.717, 1.165) is 52.9 Å². The smallest absolute Gasteiger partial charge is 0.244 e. The molecule has 1 N–H and O–H groups in total. The number of hydrogen-bond donors (Lipinski definition) is 1. The lowest BCUT2D eigenvalue weighted by atomic mass is 10.1. The Morgan fingerprint density at radius 3 is 2.31 bits per heavy atom. The molecular formula is C27H37N3O5S. The first kappa shape index (κ1) is 27.5. The minimum absolute atomic E-state index is 0.111. The number of carbonyl (C=O) groups is 2. The first-order valence-electron chi connectivity index (χ1n) is 12.3. The van der Waals surface area contributed by atoms with Crippen LogP contribution in [0, 0.1) is 13.8 Å². The summed E-state index contributed by atoms with van der Waals surface area (Å²) in [4.78, 5) is 28.3. The molecule has 1 fully saturated rings. The molecular weight excluding hydrogens is 478 g/mol. The molecule has 8 nitrogen and oxygen atoms in total. The number of anilines is 1. The van der Waals surface area contributed by atoms with Gasteiger partial charge in [0, 0.05) is 12.6 Å². The SMILES string of the molecule is COc1ccc(CN(C(=O)CN(c2cccc(C)c2C)S(C)(=O)=O)[C@H](C)C(=O)NC2CCCC2)cc1. The van der Waals surface area contributed by atoms with Crippen molar-refractivity contribution in [3.8, 4) is 5.75 Å². The molecule has 0 radical (unpaired) electrons. The van der Waals surface area contributed by atoms with E-state index in [0.29, 0.717) is 11.4 Å². The second kappa shape index (κ2) is 11.8. The first-order valence-corrected chi connectivity index (χ1v) is 14.1. The van der Waals surface area contributed by atoms with Crippen LogP contribution in [0.15, 0.2) is 42.5 Å². The third-order valence-corrected chi connectivity index (χ3v) is 8.03. The molecule has 1 aliphatic carbocycles. The Morgan fingerprint density at radius 1 is 1.08 bits per heavy atom. The average molecular weight is 516 g/mol. The van der Waals surface area contributed by atoms with Gasteiger partial charge in [0.15, 0.2) is 0 Å². The molecule has 1 atom stereocenters. The minimum Gasteiger partial charge on any atom is -0.497 e. The van der Waals surface area contributed by atoms with Crippen molar-refractivity contribution in [2.24, 2.45) is 0 Å². The summed E-state index contributed by atoms with van der Waals surface area (Å²) in [6.07, 6.45) is 5.10. The molecule has 0 bridgehead atoms. The fourth-order valence-electron chi connectivity index (χ4n) is 4.50. The van der Waals surface area contributed by atoms with Crippen molar-refractivity contribution in [1.82, 2.24) is 10.2 Å². The molecule has 0 spiro atoms. The number of sulfonamides is 1. The molecule has 2 aromatic rings. The molecule has 2 amide bonds. The highest BCUT2D eigenvalue weighted by atomic mass is 32.2. The highest BCUT2D eigenvalue weighted by molar-refractivity contribution is 7.92. The van der Waals surface area contributed by atoms with Gasteiger partial charge in [-0.15, -0.1) is 0 Å². The largest absolute Gasteiger partial charge is 0.497 e. The van der Waals surface area contributed by atoms with Crippen LogP contribution >= 0.6 is 0 Å². The number of carbonyl (C=O) groups excluding carboxylic acids is 2. The molecule has 2 aromatic carbocycles. The zero-order chi connectivity index (χ0) is 26.5.